The summed E-state index contributed by atoms with van der Waals surface area (Å²) in [5, 5.41) is 2.25. The van der Waals surface area contributed by atoms with Crippen molar-refractivity contribution in [3.05, 3.63) is 120 Å². The number of anilines is 2. The first-order valence-corrected chi connectivity index (χ1v) is 12.8. The Kier molecular flexibility index (Phi) is 7.83. The highest BCUT2D eigenvalue weighted by Gasteiger charge is 2.25. The number of nitrogens with zero attached hydrogens (tertiary/aromatic N) is 1. The van der Waals surface area contributed by atoms with Crippen LogP contribution in [0.1, 0.15) is 11.1 Å². The standard InChI is InChI=1S/C28H24F2N2O4S/c1-20-7-14-25(15-8-20)37(34,35)32(18-21-5-3-2-4-6-21)23-10-12-24(13-11-23)36-19-28(33)31-27-17-22(29)9-16-26(27)30/h2-17H,18-19H2,1H3,(H,31,33). The van der Waals surface area contributed by atoms with Crippen LogP contribution in [0.15, 0.2) is 102 Å². The van der Waals surface area contributed by atoms with Crippen molar-refractivity contribution < 1.29 is 26.7 Å². The van der Waals surface area contributed by atoms with Crippen molar-refractivity contribution in [1.29, 1.82) is 0 Å². The molecule has 4 aromatic carbocycles. The van der Waals surface area contributed by atoms with E-state index in [1.807, 2.05) is 37.3 Å². The van der Waals surface area contributed by atoms with Crippen molar-refractivity contribution in [2.24, 2.45) is 0 Å². The Labute approximate surface area is 214 Å². The molecule has 0 radical (unpaired) electrons. The molecule has 0 aliphatic heterocycles. The Morgan fingerprint density at radius 2 is 1.57 bits per heavy atom. The summed E-state index contributed by atoms with van der Waals surface area (Å²) in [7, 11) is -3.89. The van der Waals surface area contributed by atoms with Crippen LogP contribution >= 0.6 is 0 Å². The predicted octanol–water partition coefficient (Wildman–Crippen LogP) is 5.69. The minimum absolute atomic E-state index is 0.110. The molecule has 0 saturated carbocycles. The Morgan fingerprint density at radius 3 is 2.24 bits per heavy atom. The van der Waals surface area contributed by atoms with Gasteiger partial charge < -0.3 is 10.1 Å². The van der Waals surface area contributed by atoms with Crippen molar-refractivity contribution in [1.82, 2.24) is 0 Å². The molecule has 1 N–H and O–H groups in total. The zero-order valence-electron chi connectivity index (χ0n) is 19.9. The van der Waals surface area contributed by atoms with E-state index < -0.39 is 34.2 Å². The molecule has 0 unspecified atom stereocenters. The van der Waals surface area contributed by atoms with Gasteiger partial charge in [0.05, 0.1) is 22.8 Å². The van der Waals surface area contributed by atoms with Gasteiger partial charge in [-0.15, -0.1) is 0 Å². The average molecular weight is 523 g/mol. The van der Waals surface area contributed by atoms with Crippen LogP contribution in [0.5, 0.6) is 5.75 Å². The summed E-state index contributed by atoms with van der Waals surface area (Å²) in [5.74, 6) is -1.84. The van der Waals surface area contributed by atoms with Gasteiger partial charge in [0, 0.05) is 6.07 Å². The summed E-state index contributed by atoms with van der Waals surface area (Å²) in [6, 6.07) is 24.8. The highest BCUT2D eigenvalue weighted by atomic mass is 32.2. The number of hydrogen-bond acceptors (Lipinski definition) is 4. The van der Waals surface area contributed by atoms with E-state index in [0.29, 0.717) is 11.4 Å². The van der Waals surface area contributed by atoms with E-state index >= 15 is 0 Å². The fourth-order valence-corrected chi connectivity index (χ4v) is 4.99. The van der Waals surface area contributed by atoms with Crippen LogP contribution in [0, 0.1) is 18.6 Å². The molecule has 1 amide bonds. The van der Waals surface area contributed by atoms with Gasteiger partial charge in [-0.3, -0.25) is 9.10 Å². The van der Waals surface area contributed by atoms with Crippen molar-refractivity contribution in [3.8, 4) is 5.75 Å². The van der Waals surface area contributed by atoms with Gasteiger partial charge in [-0.2, -0.15) is 0 Å². The molecule has 9 heteroatoms. The van der Waals surface area contributed by atoms with Gasteiger partial charge in [0.15, 0.2) is 6.61 Å². The summed E-state index contributed by atoms with van der Waals surface area (Å²) in [5.41, 5.74) is 1.86. The van der Waals surface area contributed by atoms with Crippen LogP contribution in [0.25, 0.3) is 0 Å². The van der Waals surface area contributed by atoms with Gasteiger partial charge in [-0.25, -0.2) is 17.2 Å². The monoisotopic (exact) mass is 522 g/mol. The van der Waals surface area contributed by atoms with Crippen molar-refractivity contribution in [2.75, 3.05) is 16.2 Å². The smallest absolute Gasteiger partial charge is 0.264 e. The molecular formula is C28H24F2N2O4S. The highest BCUT2D eigenvalue weighted by Crippen LogP contribution is 2.28. The molecule has 6 nitrogen and oxygen atoms in total. The number of benzene rings is 4. The van der Waals surface area contributed by atoms with E-state index in [2.05, 4.69) is 5.32 Å². The third-order valence-corrected chi connectivity index (χ3v) is 7.26. The topological polar surface area (TPSA) is 75.7 Å². The molecule has 37 heavy (non-hydrogen) atoms. The number of rotatable bonds is 9. The molecule has 0 aliphatic carbocycles. The van der Waals surface area contributed by atoms with E-state index in [9.17, 15) is 22.0 Å². The number of nitrogens with one attached hydrogen (secondary N) is 1. The molecule has 4 rings (SSSR count). The second-order valence-electron chi connectivity index (χ2n) is 8.27. The first kappa shape index (κ1) is 25.8. The number of carbonyl (C=O) groups excluding carboxylic acids is 1. The molecule has 0 heterocycles. The van der Waals surface area contributed by atoms with Crippen LogP contribution in [0.2, 0.25) is 0 Å². The number of hydrogen-bond donors (Lipinski definition) is 1. The molecule has 0 aliphatic rings. The average Bonchev–Trinajstić information content (AvgIpc) is 2.89. The first-order chi connectivity index (χ1) is 17.7. The minimum atomic E-state index is -3.89. The lowest BCUT2D eigenvalue weighted by molar-refractivity contribution is -0.118. The maximum Gasteiger partial charge on any atom is 0.264 e. The van der Waals surface area contributed by atoms with Crippen LogP contribution in [0.3, 0.4) is 0 Å². The van der Waals surface area contributed by atoms with Crippen molar-refractivity contribution in [3.63, 3.8) is 0 Å². The SMILES string of the molecule is Cc1ccc(S(=O)(=O)N(Cc2ccccc2)c2ccc(OCC(=O)Nc3cc(F)ccc3F)cc2)cc1. The molecule has 0 spiro atoms. The predicted molar refractivity (Wildman–Crippen MR) is 138 cm³/mol. The second kappa shape index (κ2) is 11.2. The number of sulfonamides is 1. The molecule has 0 fully saturated rings. The maximum atomic E-state index is 13.7. The molecule has 0 bridgehead atoms. The van der Waals surface area contributed by atoms with E-state index in [4.69, 9.17) is 4.74 Å². The van der Waals surface area contributed by atoms with Crippen LogP contribution in [-0.4, -0.2) is 20.9 Å². The van der Waals surface area contributed by atoms with Crippen LogP contribution < -0.4 is 14.4 Å². The summed E-state index contributed by atoms with van der Waals surface area (Å²) < 4.78 is 60.9. The van der Waals surface area contributed by atoms with Gasteiger partial charge in [-0.05, 0) is 61.0 Å². The highest BCUT2D eigenvalue weighted by molar-refractivity contribution is 7.92. The van der Waals surface area contributed by atoms with Crippen LogP contribution in [-0.2, 0) is 21.4 Å². The number of carbonyl (C=O) groups is 1. The lowest BCUT2D eigenvalue weighted by atomic mass is 10.2. The van der Waals surface area contributed by atoms with Crippen molar-refractivity contribution in [2.45, 2.75) is 18.4 Å². The normalized spacial score (nSPS) is 11.1. The number of halogens is 2. The van der Waals surface area contributed by atoms with Gasteiger partial charge in [-0.1, -0.05) is 48.0 Å². The number of amides is 1. The van der Waals surface area contributed by atoms with E-state index in [-0.39, 0.29) is 17.1 Å². The van der Waals surface area contributed by atoms with E-state index in [1.165, 1.54) is 16.4 Å². The minimum Gasteiger partial charge on any atom is -0.484 e. The zero-order valence-corrected chi connectivity index (χ0v) is 20.7. The van der Waals surface area contributed by atoms with E-state index in [0.717, 1.165) is 29.3 Å². The quantitative estimate of drug-likeness (QED) is 0.307. The van der Waals surface area contributed by atoms with Gasteiger partial charge in [0.1, 0.15) is 17.4 Å². The second-order valence-corrected chi connectivity index (χ2v) is 10.1. The third kappa shape index (κ3) is 6.50. The Balaban J connectivity index is 1.51. The summed E-state index contributed by atoms with van der Waals surface area (Å²) >= 11 is 0. The van der Waals surface area contributed by atoms with Gasteiger partial charge in [0.2, 0.25) is 0 Å². The summed E-state index contributed by atoms with van der Waals surface area (Å²) in [6.45, 7) is 1.54. The lowest BCUT2D eigenvalue weighted by Crippen LogP contribution is -2.30. The summed E-state index contributed by atoms with van der Waals surface area (Å²) in [4.78, 5) is 12.3. The largest absolute Gasteiger partial charge is 0.484 e. The fraction of sp³-hybridized carbons (Fsp3) is 0.107. The van der Waals surface area contributed by atoms with Gasteiger partial charge >= 0.3 is 0 Å². The van der Waals surface area contributed by atoms with Crippen molar-refractivity contribution >= 4 is 27.3 Å². The lowest BCUT2D eigenvalue weighted by Gasteiger charge is -2.25. The zero-order chi connectivity index (χ0) is 26.4. The van der Waals surface area contributed by atoms with Gasteiger partial charge in [0.25, 0.3) is 15.9 Å². The third-order valence-electron chi connectivity index (χ3n) is 5.48. The number of ether oxygens (including phenoxy) is 1. The molecule has 0 aromatic heterocycles. The number of aryl methyl sites for hydroxylation is 1. The first-order valence-electron chi connectivity index (χ1n) is 11.3. The Hall–Kier alpha value is -4.24. The van der Waals surface area contributed by atoms with E-state index in [1.54, 1.807) is 36.4 Å². The van der Waals surface area contributed by atoms with Crippen LogP contribution in [0.4, 0.5) is 20.2 Å². The maximum absolute atomic E-state index is 13.7. The molecule has 190 valence electrons. The Morgan fingerprint density at radius 1 is 0.892 bits per heavy atom. The molecule has 0 saturated heterocycles. The molecular weight excluding hydrogens is 498 g/mol. The Bertz CT molecular complexity index is 1480. The fourth-order valence-electron chi connectivity index (χ4n) is 3.54. The molecule has 4 aromatic rings. The summed E-state index contributed by atoms with van der Waals surface area (Å²) in [6.07, 6.45) is 0. The molecule has 0 atom stereocenters.